The lowest BCUT2D eigenvalue weighted by Gasteiger charge is -2.15. The highest BCUT2D eigenvalue weighted by Gasteiger charge is 2.23. The van der Waals surface area contributed by atoms with Gasteiger partial charge in [-0.1, -0.05) is 23.7 Å². The Balaban J connectivity index is 1.82. The largest absolute Gasteiger partial charge is 0.464 e. The van der Waals surface area contributed by atoms with Crippen molar-refractivity contribution in [3.8, 4) is 5.75 Å². The van der Waals surface area contributed by atoms with Crippen molar-refractivity contribution < 1.29 is 4.74 Å². The molecule has 2 aromatic carbocycles. The lowest BCUT2D eigenvalue weighted by Crippen LogP contribution is -2.11. The van der Waals surface area contributed by atoms with Crippen LogP contribution in [0.15, 0.2) is 42.5 Å². The van der Waals surface area contributed by atoms with E-state index >= 15 is 0 Å². The lowest BCUT2D eigenvalue weighted by atomic mass is 10.2. The van der Waals surface area contributed by atoms with Crippen LogP contribution in [0.5, 0.6) is 5.75 Å². The van der Waals surface area contributed by atoms with Crippen molar-refractivity contribution in [2.75, 3.05) is 24.3 Å². The van der Waals surface area contributed by atoms with Crippen LogP contribution in [0.4, 0.5) is 11.4 Å². The molecule has 0 fully saturated rings. The van der Waals surface area contributed by atoms with Crippen molar-refractivity contribution in [2.24, 2.45) is 0 Å². The minimum absolute atomic E-state index is 0.148. The number of halogens is 1. The molecule has 0 aliphatic carbocycles. The molecule has 2 aromatic rings. The van der Waals surface area contributed by atoms with Gasteiger partial charge < -0.3 is 15.0 Å². The third-order valence-corrected chi connectivity index (χ3v) is 3.42. The van der Waals surface area contributed by atoms with Gasteiger partial charge in [0.05, 0.1) is 5.69 Å². The van der Waals surface area contributed by atoms with Crippen LogP contribution in [-0.4, -0.2) is 14.1 Å². The second-order valence-electron chi connectivity index (χ2n) is 4.77. The highest BCUT2D eigenvalue weighted by Crippen LogP contribution is 2.39. The van der Waals surface area contributed by atoms with E-state index in [4.69, 9.17) is 16.3 Å². The number of nitrogens with zero attached hydrogens (tertiary/aromatic N) is 1. The van der Waals surface area contributed by atoms with Crippen molar-refractivity contribution >= 4 is 23.0 Å². The molecule has 0 aromatic heterocycles. The Morgan fingerprint density at radius 3 is 2.53 bits per heavy atom. The van der Waals surface area contributed by atoms with Crippen molar-refractivity contribution in [3.05, 3.63) is 53.1 Å². The molecule has 0 amide bonds. The van der Waals surface area contributed by atoms with Crippen LogP contribution in [0.2, 0.25) is 5.02 Å². The summed E-state index contributed by atoms with van der Waals surface area (Å²) in [6.07, 6.45) is -0.148. The SMILES string of the molecule is CN(C)c1ccc(C2Nc3cc(Cl)ccc3O2)cc1. The van der Waals surface area contributed by atoms with Gasteiger partial charge in [0.25, 0.3) is 0 Å². The van der Waals surface area contributed by atoms with Gasteiger partial charge in [0.1, 0.15) is 5.75 Å². The summed E-state index contributed by atoms with van der Waals surface area (Å²) in [6, 6.07) is 13.9. The quantitative estimate of drug-likeness (QED) is 0.899. The van der Waals surface area contributed by atoms with E-state index in [0.29, 0.717) is 5.02 Å². The van der Waals surface area contributed by atoms with Gasteiger partial charge in [0.2, 0.25) is 0 Å². The molecule has 0 radical (unpaired) electrons. The van der Waals surface area contributed by atoms with E-state index < -0.39 is 0 Å². The van der Waals surface area contributed by atoms with Gasteiger partial charge >= 0.3 is 0 Å². The number of fused-ring (bicyclic) bond motifs is 1. The fourth-order valence-electron chi connectivity index (χ4n) is 2.11. The summed E-state index contributed by atoms with van der Waals surface area (Å²) in [5.41, 5.74) is 3.20. The fourth-order valence-corrected chi connectivity index (χ4v) is 2.29. The molecule has 1 aliphatic heterocycles. The number of ether oxygens (including phenoxy) is 1. The molecule has 1 unspecified atom stereocenters. The first kappa shape index (κ1) is 12.2. The Morgan fingerprint density at radius 2 is 1.84 bits per heavy atom. The molecule has 1 atom stereocenters. The van der Waals surface area contributed by atoms with Gasteiger partial charge in [-0.2, -0.15) is 0 Å². The topological polar surface area (TPSA) is 24.5 Å². The van der Waals surface area contributed by atoms with Gasteiger partial charge in [-0.15, -0.1) is 0 Å². The number of nitrogens with one attached hydrogen (secondary N) is 1. The maximum atomic E-state index is 5.97. The van der Waals surface area contributed by atoms with E-state index in [-0.39, 0.29) is 6.23 Å². The van der Waals surface area contributed by atoms with E-state index in [0.717, 1.165) is 17.0 Å². The third-order valence-electron chi connectivity index (χ3n) is 3.19. The molecule has 0 bridgehead atoms. The van der Waals surface area contributed by atoms with Gasteiger partial charge in [0, 0.05) is 30.4 Å². The predicted octanol–water partition coefficient (Wildman–Crippen LogP) is 3.91. The van der Waals surface area contributed by atoms with Crippen LogP contribution in [0.25, 0.3) is 0 Å². The molecule has 4 heteroatoms. The molecule has 19 heavy (non-hydrogen) atoms. The van der Waals surface area contributed by atoms with Gasteiger partial charge in [-0.3, -0.25) is 0 Å². The number of hydrogen-bond donors (Lipinski definition) is 1. The maximum absolute atomic E-state index is 5.97. The van der Waals surface area contributed by atoms with E-state index in [1.54, 1.807) is 0 Å². The summed E-state index contributed by atoms with van der Waals surface area (Å²) >= 11 is 5.97. The zero-order valence-electron chi connectivity index (χ0n) is 10.9. The highest BCUT2D eigenvalue weighted by molar-refractivity contribution is 6.30. The van der Waals surface area contributed by atoms with E-state index in [9.17, 15) is 0 Å². The molecule has 0 saturated carbocycles. The second-order valence-corrected chi connectivity index (χ2v) is 5.21. The number of anilines is 2. The van der Waals surface area contributed by atoms with Crippen molar-refractivity contribution in [1.29, 1.82) is 0 Å². The Morgan fingerprint density at radius 1 is 1.11 bits per heavy atom. The number of hydrogen-bond acceptors (Lipinski definition) is 3. The Hall–Kier alpha value is -1.87. The molecule has 98 valence electrons. The van der Waals surface area contributed by atoms with Crippen LogP contribution in [0.1, 0.15) is 11.8 Å². The molecule has 3 rings (SSSR count). The summed E-state index contributed by atoms with van der Waals surface area (Å²) < 4.78 is 5.86. The molecular formula is C15H15ClN2O. The van der Waals surface area contributed by atoms with E-state index in [1.165, 1.54) is 5.69 Å². The van der Waals surface area contributed by atoms with Crippen molar-refractivity contribution in [2.45, 2.75) is 6.23 Å². The van der Waals surface area contributed by atoms with Crippen molar-refractivity contribution in [1.82, 2.24) is 0 Å². The zero-order chi connectivity index (χ0) is 13.4. The summed E-state index contributed by atoms with van der Waals surface area (Å²) in [6.45, 7) is 0. The van der Waals surface area contributed by atoms with E-state index in [2.05, 4.69) is 34.5 Å². The van der Waals surface area contributed by atoms with Crippen LogP contribution in [-0.2, 0) is 0 Å². The summed E-state index contributed by atoms with van der Waals surface area (Å²) in [4.78, 5) is 2.07. The lowest BCUT2D eigenvalue weighted by molar-refractivity contribution is 0.260. The Kier molecular flexibility index (Phi) is 2.99. The van der Waals surface area contributed by atoms with Crippen LogP contribution < -0.4 is 15.0 Å². The molecule has 1 N–H and O–H groups in total. The Bertz CT molecular complexity index is 596. The number of rotatable bonds is 2. The molecule has 1 aliphatic rings. The van der Waals surface area contributed by atoms with Crippen LogP contribution >= 0.6 is 11.6 Å². The van der Waals surface area contributed by atoms with Gasteiger partial charge in [-0.25, -0.2) is 0 Å². The molecule has 1 heterocycles. The first-order valence-electron chi connectivity index (χ1n) is 6.13. The second kappa shape index (κ2) is 4.67. The standard InChI is InChI=1S/C15H15ClN2O/c1-18(2)12-6-3-10(4-7-12)15-17-13-9-11(16)5-8-14(13)19-15/h3-9,15,17H,1-2H3. The average molecular weight is 275 g/mol. The minimum Gasteiger partial charge on any atom is -0.464 e. The van der Waals surface area contributed by atoms with E-state index in [1.807, 2.05) is 32.3 Å². The first-order chi connectivity index (χ1) is 9.13. The fraction of sp³-hybridized carbons (Fsp3) is 0.200. The summed E-state index contributed by atoms with van der Waals surface area (Å²) in [7, 11) is 4.05. The molecule has 3 nitrogen and oxygen atoms in total. The Labute approximate surface area is 117 Å². The monoisotopic (exact) mass is 274 g/mol. The normalized spacial score (nSPS) is 16.5. The molecule has 0 spiro atoms. The average Bonchev–Trinajstić information content (AvgIpc) is 2.81. The number of benzene rings is 2. The zero-order valence-corrected chi connectivity index (χ0v) is 11.6. The van der Waals surface area contributed by atoms with Crippen LogP contribution in [0, 0.1) is 0 Å². The minimum atomic E-state index is -0.148. The third kappa shape index (κ3) is 2.34. The summed E-state index contributed by atoms with van der Waals surface area (Å²) in [5.74, 6) is 0.839. The first-order valence-corrected chi connectivity index (χ1v) is 6.51. The van der Waals surface area contributed by atoms with Gasteiger partial charge in [-0.05, 0) is 30.3 Å². The summed E-state index contributed by atoms with van der Waals surface area (Å²) in [5, 5.41) is 4.03. The van der Waals surface area contributed by atoms with Crippen LogP contribution in [0.3, 0.4) is 0 Å². The highest BCUT2D eigenvalue weighted by atomic mass is 35.5. The maximum Gasteiger partial charge on any atom is 0.196 e. The van der Waals surface area contributed by atoms with Crippen molar-refractivity contribution in [3.63, 3.8) is 0 Å². The molecular weight excluding hydrogens is 260 g/mol. The predicted molar refractivity (Wildman–Crippen MR) is 79.2 cm³/mol. The van der Waals surface area contributed by atoms with Gasteiger partial charge in [0.15, 0.2) is 6.23 Å². The molecule has 0 saturated heterocycles. The smallest absolute Gasteiger partial charge is 0.196 e.